The molecule has 0 unspecified atom stereocenters. The van der Waals surface area contributed by atoms with Crippen molar-refractivity contribution < 1.29 is 9.47 Å². The van der Waals surface area contributed by atoms with Crippen LogP contribution in [-0.4, -0.2) is 64.5 Å². The highest BCUT2D eigenvalue weighted by Gasteiger charge is 1.96. The summed E-state index contributed by atoms with van der Waals surface area (Å²) in [6.07, 6.45) is 4.50. The van der Waals surface area contributed by atoms with E-state index >= 15 is 0 Å². The fraction of sp³-hybridized carbons (Fsp3) is 0.923. The number of hydrogen-bond acceptors (Lipinski definition) is 4. The first kappa shape index (κ1) is 22.5. The van der Waals surface area contributed by atoms with E-state index in [1.165, 1.54) is 12.2 Å². The van der Waals surface area contributed by atoms with Crippen LogP contribution in [0.3, 0.4) is 0 Å². The quantitative estimate of drug-likeness (QED) is 0.219. The molecule has 0 radical (unpaired) electrons. The minimum Gasteiger partial charge on any atom is -0.382 e. The normalized spacial score (nSPS) is 11.1. The van der Waals surface area contributed by atoms with Gasteiger partial charge in [0.15, 0.2) is 5.96 Å². The Hall–Kier alpha value is 0.270. The second-order valence-electron chi connectivity index (χ2n) is 3.99. The molecule has 0 saturated heterocycles. The fourth-order valence-corrected chi connectivity index (χ4v) is 1.87. The molecule has 0 aromatic heterocycles. The van der Waals surface area contributed by atoms with E-state index in [1.807, 2.05) is 11.8 Å². The summed E-state index contributed by atoms with van der Waals surface area (Å²) in [6.45, 7) is 6.53. The largest absolute Gasteiger partial charge is 0.382 e. The summed E-state index contributed by atoms with van der Waals surface area (Å²) in [6, 6.07) is 0. The van der Waals surface area contributed by atoms with Crippen molar-refractivity contribution in [1.82, 2.24) is 10.6 Å². The third-order valence-corrected chi connectivity index (χ3v) is 3.04. The van der Waals surface area contributed by atoms with Crippen LogP contribution >= 0.6 is 35.7 Å². The first-order valence-electron chi connectivity index (χ1n) is 6.93. The van der Waals surface area contributed by atoms with E-state index in [4.69, 9.17) is 9.47 Å². The van der Waals surface area contributed by atoms with Gasteiger partial charge in [0, 0.05) is 26.7 Å². The van der Waals surface area contributed by atoms with Gasteiger partial charge in [-0.3, -0.25) is 4.99 Å². The summed E-state index contributed by atoms with van der Waals surface area (Å²) in [4.78, 5) is 4.52. The summed E-state index contributed by atoms with van der Waals surface area (Å²) in [5.74, 6) is 2.09. The molecular weight excluding hydrogens is 389 g/mol. The molecule has 0 aliphatic carbocycles. The molecule has 0 bridgehead atoms. The van der Waals surface area contributed by atoms with Crippen molar-refractivity contribution in [2.24, 2.45) is 4.99 Å². The topological polar surface area (TPSA) is 54.9 Å². The predicted octanol–water partition coefficient (Wildman–Crippen LogP) is 1.97. The van der Waals surface area contributed by atoms with Crippen LogP contribution in [0.1, 0.15) is 19.8 Å². The van der Waals surface area contributed by atoms with E-state index in [0.29, 0.717) is 19.8 Å². The molecule has 0 heterocycles. The lowest BCUT2D eigenvalue weighted by Crippen LogP contribution is -2.39. The highest BCUT2D eigenvalue weighted by molar-refractivity contribution is 14.0. The SMILES string of the molecule is CCNC(=NCCCCSC)NCCOCCOC.I. The Labute approximate surface area is 145 Å². The monoisotopic (exact) mass is 419 g/mol. The van der Waals surface area contributed by atoms with Gasteiger partial charge in [-0.2, -0.15) is 11.8 Å². The second kappa shape index (κ2) is 19.3. The molecule has 2 N–H and O–H groups in total. The fourth-order valence-electron chi connectivity index (χ4n) is 1.38. The zero-order chi connectivity index (χ0) is 14.2. The van der Waals surface area contributed by atoms with Crippen LogP contribution in [0.5, 0.6) is 0 Å². The molecule has 0 amide bonds. The minimum absolute atomic E-state index is 0. The van der Waals surface area contributed by atoms with Gasteiger partial charge in [-0.1, -0.05) is 0 Å². The third kappa shape index (κ3) is 16.3. The van der Waals surface area contributed by atoms with Gasteiger partial charge in [0.2, 0.25) is 0 Å². The average Bonchev–Trinajstić information content (AvgIpc) is 2.42. The third-order valence-electron chi connectivity index (χ3n) is 2.34. The number of halogens is 1. The summed E-state index contributed by atoms with van der Waals surface area (Å²) >= 11 is 1.89. The van der Waals surface area contributed by atoms with E-state index in [2.05, 4.69) is 28.8 Å². The highest BCUT2D eigenvalue weighted by Crippen LogP contribution is 1.98. The molecule has 0 spiro atoms. The summed E-state index contributed by atoms with van der Waals surface area (Å²) in [7, 11) is 1.68. The summed E-state index contributed by atoms with van der Waals surface area (Å²) in [5, 5.41) is 6.49. The maximum absolute atomic E-state index is 5.39. The van der Waals surface area contributed by atoms with Crippen molar-refractivity contribution in [2.75, 3.05) is 58.6 Å². The number of unbranched alkanes of at least 4 members (excludes halogenated alkanes) is 1. The maximum atomic E-state index is 5.39. The Morgan fingerprint density at radius 1 is 1.15 bits per heavy atom. The smallest absolute Gasteiger partial charge is 0.191 e. The van der Waals surface area contributed by atoms with Gasteiger partial charge in [-0.25, -0.2) is 0 Å². The van der Waals surface area contributed by atoms with Crippen LogP contribution in [0, 0.1) is 0 Å². The number of methoxy groups -OCH3 is 1. The van der Waals surface area contributed by atoms with Crippen LogP contribution < -0.4 is 10.6 Å². The Balaban J connectivity index is 0. The number of thioether (sulfide) groups is 1. The van der Waals surface area contributed by atoms with Crippen molar-refractivity contribution in [3.63, 3.8) is 0 Å². The van der Waals surface area contributed by atoms with E-state index in [9.17, 15) is 0 Å². The summed E-state index contributed by atoms with van der Waals surface area (Å²) in [5.41, 5.74) is 0. The number of aliphatic imine (C=N–C) groups is 1. The Bertz CT molecular complexity index is 222. The number of ether oxygens (including phenoxy) is 2. The van der Waals surface area contributed by atoms with Gasteiger partial charge in [-0.05, 0) is 31.8 Å². The van der Waals surface area contributed by atoms with Gasteiger partial charge in [0.1, 0.15) is 0 Å². The predicted molar refractivity (Wildman–Crippen MR) is 99.7 cm³/mol. The first-order valence-corrected chi connectivity index (χ1v) is 8.32. The van der Waals surface area contributed by atoms with Gasteiger partial charge >= 0.3 is 0 Å². The van der Waals surface area contributed by atoms with Gasteiger partial charge < -0.3 is 20.1 Å². The lowest BCUT2D eigenvalue weighted by atomic mass is 10.3. The molecule has 0 fully saturated rings. The Morgan fingerprint density at radius 2 is 1.95 bits per heavy atom. The molecule has 0 aromatic rings. The van der Waals surface area contributed by atoms with E-state index in [-0.39, 0.29) is 24.0 Å². The van der Waals surface area contributed by atoms with E-state index < -0.39 is 0 Å². The van der Waals surface area contributed by atoms with Crippen LogP contribution in [0.4, 0.5) is 0 Å². The van der Waals surface area contributed by atoms with Crippen LogP contribution in [0.15, 0.2) is 4.99 Å². The lowest BCUT2D eigenvalue weighted by molar-refractivity contribution is 0.0733. The van der Waals surface area contributed by atoms with Crippen LogP contribution in [0.25, 0.3) is 0 Å². The maximum Gasteiger partial charge on any atom is 0.191 e. The molecule has 20 heavy (non-hydrogen) atoms. The molecular formula is C13H30IN3O2S. The number of hydrogen-bond donors (Lipinski definition) is 2. The number of nitrogens with zero attached hydrogens (tertiary/aromatic N) is 1. The Morgan fingerprint density at radius 3 is 2.60 bits per heavy atom. The molecule has 0 aliphatic heterocycles. The van der Waals surface area contributed by atoms with E-state index in [1.54, 1.807) is 7.11 Å². The molecule has 5 nitrogen and oxygen atoms in total. The first-order chi connectivity index (χ1) is 9.35. The number of nitrogens with one attached hydrogen (secondary N) is 2. The van der Waals surface area contributed by atoms with Gasteiger partial charge in [0.05, 0.1) is 19.8 Å². The molecule has 0 aliphatic rings. The van der Waals surface area contributed by atoms with Crippen molar-refractivity contribution >= 4 is 41.7 Å². The average molecular weight is 419 g/mol. The molecule has 122 valence electrons. The van der Waals surface area contributed by atoms with Crippen molar-refractivity contribution in [3.8, 4) is 0 Å². The Kier molecular flexibility index (Phi) is 21.7. The van der Waals surface area contributed by atoms with E-state index in [0.717, 1.165) is 32.0 Å². The molecule has 0 rings (SSSR count). The molecule has 0 aromatic carbocycles. The second-order valence-corrected chi connectivity index (χ2v) is 4.98. The van der Waals surface area contributed by atoms with Gasteiger partial charge in [-0.15, -0.1) is 24.0 Å². The van der Waals surface area contributed by atoms with Crippen molar-refractivity contribution in [2.45, 2.75) is 19.8 Å². The summed E-state index contributed by atoms with van der Waals surface area (Å²) < 4.78 is 10.3. The molecule has 0 atom stereocenters. The van der Waals surface area contributed by atoms with Gasteiger partial charge in [0.25, 0.3) is 0 Å². The minimum atomic E-state index is 0. The van der Waals surface area contributed by atoms with Crippen LogP contribution in [0.2, 0.25) is 0 Å². The lowest BCUT2D eigenvalue weighted by Gasteiger charge is -2.11. The molecule has 0 saturated carbocycles. The van der Waals surface area contributed by atoms with Crippen molar-refractivity contribution in [1.29, 1.82) is 0 Å². The number of guanidine groups is 1. The van der Waals surface area contributed by atoms with Crippen LogP contribution in [-0.2, 0) is 9.47 Å². The zero-order valence-corrected chi connectivity index (χ0v) is 16.1. The number of rotatable bonds is 12. The molecule has 7 heteroatoms. The van der Waals surface area contributed by atoms with Crippen molar-refractivity contribution in [3.05, 3.63) is 0 Å². The zero-order valence-electron chi connectivity index (χ0n) is 12.9. The highest BCUT2D eigenvalue weighted by atomic mass is 127. The standard InChI is InChI=1S/C13H29N3O2S.HI/c1-4-14-13(15-7-5-6-12-19-3)16-8-9-18-11-10-17-2;/h4-12H2,1-3H3,(H2,14,15,16);1H.